The van der Waals surface area contributed by atoms with E-state index in [9.17, 15) is 0 Å². The van der Waals surface area contributed by atoms with Gasteiger partial charge in [-0.25, -0.2) is 9.98 Å². The Morgan fingerprint density at radius 3 is 2.38 bits per heavy atom. The van der Waals surface area contributed by atoms with Gasteiger partial charge in [0.25, 0.3) is 0 Å². The Bertz CT molecular complexity index is 315. The van der Waals surface area contributed by atoms with Crippen molar-refractivity contribution in [1.82, 2.24) is 0 Å². The SMILES string of the molecule is COC1=N[C@@](C)(CBr)C(OC)=NC1C(C)C. The summed E-state index contributed by atoms with van der Waals surface area (Å²) in [5.74, 6) is 1.67. The van der Waals surface area contributed by atoms with Gasteiger partial charge < -0.3 is 9.47 Å². The van der Waals surface area contributed by atoms with Gasteiger partial charge in [0.15, 0.2) is 0 Å². The second kappa shape index (κ2) is 5.17. The maximum absolute atomic E-state index is 5.33. The van der Waals surface area contributed by atoms with Crippen molar-refractivity contribution in [2.75, 3.05) is 19.5 Å². The Kier molecular flexibility index (Phi) is 4.35. The van der Waals surface area contributed by atoms with Crippen LogP contribution in [0.2, 0.25) is 0 Å². The highest BCUT2D eigenvalue weighted by Gasteiger charge is 2.38. The molecule has 1 rings (SSSR count). The van der Waals surface area contributed by atoms with E-state index in [0.717, 1.165) is 0 Å². The average molecular weight is 291 g/mol. The average Bonchev–Trinajstić information content (AvgIpc) is 2.28. The molecule has 0 aromatic heterocycles. The summed E-state index contributed by atoms with van der Waals surface area (Å²) >= 11 is 3.44. The van der Waals surface area contributed by atoms with Gasteiger partial charge >= 0.3 is 0 Å². The van der Waals surface area contributed by atoms with Crippen LogP contribution in [0.5, 0.6) is 0 Å². The molecule has 0 N–H and O–H groups in total. The van der Waals surface area contributed by atoms with Crippen LogP contribution in [0.1, 0.15) is 20.8 Å². The van der Waals surface area contributed by atoms with Crippen LogP contribution in [0, 0.1) is 5.92 Å². The minimum absolute atomic E-state index is 0.0490. The number of methoxy groups -OCH3 is 2. The highest BCUT2D eigenvalue weighted by Crippen LogP contribution is 2.25. The van der Waals surface area contributed by atoms with Gasteiger partial charge in [0.05, 0.1) is 14.2 Å². The van der Waals surface area contributed by atoms with Crippen LogP contribution in [-0.4, -0.2) is 42.9 Å². The Balaban J connectivity index is 3.12. The van der Waals surface area contributed by atoms with Crippen LogP contribution in [-0.2, 0) is 9.47 Å². The van der Waals surface area contributed by atoms with Gasteiger partial charge in [-0.1, -0.05) is 29.8 Å². The van der Waals surface area contributed by atoms with E-state index in [0.29, 0.717) is 23.0 Å². The standard InChI is InChI=1S/C11H19BrN2O2/c1-7(2)8-9(15-4)14-11(3,6-12)10(13-8)16-5/h7-8H,6H2,1-5H3/t8?,11-/m0/s1. The first-order valence-electron chi connectivity index (χ1n) is 5.30. The minimum atomic E-state index is -0.467. The molecule has 0 aromatic carbocycles. The lowest BCUT2D eigenvalue weighted by Gasteiger charge is -2.32. The predicted molar refractivity (Wildman–Crippen MR) is 69.7 cm³/mol. The molecule has 16 heavy (non-hydrogen) atoms. The van der Waals surface area contributed by atoms with Crippen molar-refractivity contribution in [2.24, 2.45) is 15.9 Å². The van der Waals surface area contributed by atoms with E-state index in [2.05, 4.69) is 39.8 Å². The van der Waals surface area contributed by atoms with E-state index in [4.69, 9.17) is 9.47 Å². The molecule has 0 amide bonds. The molecule has 1 unspecified atom stereocenters. The Morgan fingerprint density at radius 1 is 1.38 bits per heavy atom. The molecule has 0 spiro atoms. The van der Waals surface area contributed by atoms with Gasteiger partial charge in [-0.2, -0.15) is 0 Å². The summed E-state index contributed by atoms with van der Waals surface area (Å²) in [6.07, 6.45) is 0. The van der Waals surface area contributed by atoms with Crippen molar-refractivity contribution >= 4 is 27.7 Å². The van der Waals surface area contributed by atoms with Crippen molar-refractivity contribution < 1.29 is 9.47 Å². The van der Waals surface area contributed by atoms with Crippen molar-refractivity contribution in [3.63, 3.8) is 0 Å². The molecule has 92 valence electrons. The zero-order valence-corrected chi connectivity index (χ0v) is 12.0. The lowest BCUT2D eigenvalue weighted by Crippen LogP contribution is -2.45. The minimum Gasteiger partial charge on any atom is -0.483 e. The monoisotopic (exact) mass is 290 g/mol. The number of hydrogen-bond donors (Lipinski definition) is 0. The van der Waals surface area contributed by atoms with Crippen LogP contribution in [0.3, 0.4) is 0 Å². The fraction of sp³-hybridized carbons (Fsp3) is 0.818. The fourth-order valence-corrected chi connectivity index (χ4v) is 2.00. The van der Waals surface area contributed by atoms with E-state index >= 15 is 0 Å². The lowest BCUT2D eigenvalue weighted by molar-refractivity contribution is 0.318. The molecular weight excluding hydrogens is 272 g/mol. The fourth-order valence-electron chi connectivity index (χ4n) is 1.64. The van der Waals surface area contributed by atoms with E-state index in [1.165, 1.54) is 0 Å². The topological polar surface area (TPSA) is 43.2 Å². The Morgan fingerprint density at radius 2 is 2.00 bits per heavy atom. The first-order chi connectivity index (χ1) is 7.48. The molecular formula is C11H19BrN2O2. The third-order valence-electron chi connectivity index (χ3n) is 2.62. The van der Waals surface area contributed by atoms with Crippen molar-refractivity contribution in [1.29, 1.82) is 0 Å². The molecule has 0 radical (unpaired) electrons. The molecule has 0 saturated carbocycles. The number of nitrogens with zero attached hydrogens (tertiary/aromatic N) is 2. The van der Waals surface area contributed by atoms with Crippen molar-refractivity contribution in [3.8, 4) is 0 Å². The molecule has 4 nitrogen and oxygen atoms in total. The summed E-state index contributed by atoms with van der Waals surface area (Å²) in [5.41, 5.74) is -0.467. The molecule has 0 fully saturated rings. The van der Waals surface area contributed by atoms with Crippen molar-refractivity contribution in [2.45, 2.75) is 32.4 Å². The van der Waals surface area contributed by atoms with E-state index in [1.54, 1.807) is 14.2 Å². The second-order valence-corrected chi connectivity index (χ2v) is 4.95. The van der Waals surface area contributed by atoms with Crippen LogP contribution in [0.4, 0.5) is 0 Å². The molecule has 1 heterocycles. The number of rotatable bonds is 2. The molecule has 0 aliphatic carbocycles. The first kappa shape index (κ1) is 13.5. The Labute approximate surface area is 105 Å². The predicted octanol–water partition coefficient (Wildman–Crippen LogP) is 2.27. The maximum atomic E-state index is 5.33. The Hall–Kier alpha value is -0.580. The molecule has 0 saturated heterocycles. The summed E-state index contributed by atoms with van der Waals surface area (Å²) in [6, 6.07) is -0.0490. The number of halogens is 1. The summed E-state index contributed by atoms with van der Waals surface area (Å²) in [5, 5.41) is 0.657. The summed E-state index contributed by atoms with van der Waals surface area (Å²) in [4.78, 5) is 9.18. The number of alkyl halides is 1. The van der Waals surface area contributed by atoms with Gasteiger partial charge in [-0.3, -0.25) is 0 Å². The smallest absolute Gasteiger partial charge is 0.213 e. The zero-order valence-electron chi connectivity index (χ0n) is 10.5. The highest BCUT2D eigenvalue weighted by atomic mass is 79.9. The van der Waals surface area contributed by atoms with E-state index < -0.39 is 5.54 Å². The van der Waals surface area contributed by atoms with Crippen LogP contribution < -0.4 is 0 Å². The van der Waals surface area contributed by atoms with E-state index in [-0.39, 0.29) is 6.04 Å². The summed E-state index contributed by atoms with van der Waals surface area (Å²) < 4.78 is 10.6. The normalized spacial score (nSPS) is 29.8. The third kappa shape index (κ3) is 2.39. The molecule has 1 aliphatic heterocycles. The third-order valence-corrected chi connectivity index (χ3v) is 3.71. The van der Waals surface area contributed by atoms with Crippen molar-refractivity contribution in [3.05, 3.63) is 0 Å². The van der Waals surface area contributed by atoms with Gasteiger partial charge in [0, 0.05) is 5.33 Å². The summed E-state index contributed by atoms with van der Waals surface area (Å²) in [7, 11) is 3.26. The van der Waals surface area contributed by atoms with E-state index in [1.807, 2.05) is 6.92 Å². The molecule has 0 bridgehead atoms. The van der Waals surface area contributed by atoms with Gasteiger partial charge in [0.1, 0.15) is 11.6 Å². The zero-order chi connectivity index (χ0) is 12.3. The molecule has 2 atom stereocenters. The van der Waals surface area contributed by atoms with Crippen LogP contribution >= 0.6 is 15.9 Å². The molecule has 0 aromatic rings. The second-order valence-electron chi connectivity index (χ2n) is 4.39. The maximum Gasteiger partial charge on any atom is 0.213 e. The molecule has 5 heteroatoms. The number of hydrogen-bond acceptors (Lipinski definition) is 4. The van der Waals surface area contributed by atoms with Crippen LogP contribution in [0.15, 0.2) is 9.98 Å². The first-order valence-corrected chi connectivity index (χ1v) is 6.42. The largest absolute Gasteiger partial charge is 0.483 e. The van der Waals surface area contributed by atoms with Gasteiger partial charge in [0.2, 0.25) is 11.8 Å². The van der Waals surface area contributed by atoms with Crippen LogP contribution in [0.25, 0.3) is 0 Å². The highest BCUT2D eigenvalue weighted by molar-refractivity contribution is 9.09. The quantitative estimate of drug-likeness (QED) is 0.732. The van der Waals surface area contributed by atoms with Gasteiger partial charge in [-0.05, 0) is 12.8 Å². The lowest BCUT2D eigenvalue weighted by atomic mass is 9.99. The van der Waals surface area contributed by atoms with Gasteiger partial charge in [-0.15, -0.1) is 0 Å². The molecule has 1 aliphatic rings. The number of aliphatic imine (C=N–C) groups is 2. The summed E-state index contributed by atoms with van der Waals surface area (Å²) in [6.45, 7) is 6.15. The number of ether oxygens (including phenoxy) is 2.